The Bertz CT molecular complexity index is 418. The standard InChI is InChI=1S/C11H12Cl3OP/c1-3-6(2)16-11(15)9-7(12)4-5-8(13)10(9)14/h4-6,15H,3H2,1-2H3/p-1. The highest BCUT2D eigenvalue weighted by atomic mass is 35.5. The SMILES string of the molecule is CCC(C)P=C([O-])c1c(Cl)ccc(Cl)c1Cl. The molecule has 1 atom stereocenters. The maximum Gasteiger partial charge on any atom is 0.0672 e. The first-order valence-corrected chi connectivity index (χ1v) is 6.95. The molecule has 1 aromatic carbocycles. The van der Waals surface area contributed by atoms with Crippen LogP contribution in [0.3, 0.4) is 0 Å². The van der Waals surface area contributed by atoms with E-state index in [1.807, 2.05) is 13.8 Å². The number of benzene rings is 1. The van der Waals surface area contributed by atoms with Crippen molar-refractivity contribution in [2.24, 2.45) is 0 Å². The minimum Gasteiger partial charge on any atom is -0.823 e. The summed E-state index contributed by atoms with van der Waals surface area (Å²) in [7, 11) is 0.702. The molecule has 5 heteroatoms. The number of rotatable bonds is 3. The zero-order valence-electron chi connectivity index (χ0n) is 8.93. The first kappa shape index (κ1) is 14.3. The minimum atomic E-state index is -0.0770. The Kier molecular flexibility index (Phi) is 5.56. The summed E-state index contributed by atoms with van der Waals surface area (Å²) in [6.07, 6.45) is 0.934. The van der Waals surface area contributed by atoms with Gasteiger partial charge in [-0.2, -0.15) is 0 Å². The molecule has 1 unspecified atom stereocenters. The molecule has 0 bridgehead atoms. The summed E-state index contributed by atoms with van der Waals surface area (Å²) >= 11 is 17.8. The van der Waals surface area contributed by atoms with Crippen molar-refractivity contribution >= 4 is 48.5 Å². The fourth-order valence-electron chi connectivity index (χ4n) is 1.08. The molecule has 0 spiro atoms. The van der Waals surface area contributed by atoms with Crippen molar-refractivity contribution < 1.29 is 5.11 Å². The predicted octanol–water partition coefficient (Wildman–Crippen LogP) is 4.23. The van der Waals surface area contributed by atoms with Crippen LogP contribution in [0.25, 0.3) is 0 Å². The van der Waals surface area contributed by atoms with Crippen molar-refractivity contribution in [1.29, 1.82) is 0 Å². The Labute approximate surface area is 112 Å². The van der Waals surface area contributed by atoms with Gasteiger partial charge in [0, 0.05) is 10.6 Å². The molecule has 0 aliphatic carbocycles. The third-order valence-electron chi connectivity index (χ3n) is 2.19. The highest BCUT2D eigenvalue weighted by Gasteiger charge is 2.09. The summed E-state index contributed by atoms with van der Waals surface area (Å²) in [6, 6.07) is 3.18. The van der Waals surface area contributed by atoms with Gasteiger partial charge in [-0.1, -0.05) is 48.7 Å². The van der Waals surface area contributed by atoms with Crippen molar-refractivity contribution in [3.8, 4) is 0 Å². The highest BCUT2D eigenvalue weighted by molar-refractivity contribution is 7.41. The van der Waals surface area contributed by atoms with Crippen LogP contribution >= 0.6 is 43.0 Å². The molecular weight excluding hydrogens is 285 g/mol. The van der Waals surface area contributed by atoms with E-state index < -0.39 is 0 Å². The van der Waals surface area contributed by atoms with Crippen LogP contribution in [0.15, 0.2) is 12.1 Å². The van der Waals surface area contributed by atoms with Crippen LogP contribution in [-0.2, 0) is 0 Å². The lowest BCUT2D eigenvalue weighted by Gasteiger charge is -2.18. The van der Waals surface area contributed by atoms with Gasteiger partial charge in [-0.3, -0.25) is 0 Å². The van der Waals surface area contributed by atoms with Crippen LogP contribution in [0.2, 0.25) is 15.1 Å². The van der Waals surface area contributed by atoms with Crippen LogP contribution in [0.5, 0.6) is 0 Å². The molecule has 1 nitrogen and oxygen atoms in total. The zero-order chi connectivity index (χ0) is 12.3. The fourth-order valence-corrected chi connectivity index (χ4v) is 2.85. The van der Waals surface area contributed by atoms with Crippen LogP contribution in [0.4, 0.5) is 0 Å². The summed E-state index contributed by atoms with van der Waals surface area (Å²) in [5.41, 5.74) is 0.545. The topological polar surface area (TPSA) is 23.1 Å². The van der Waals surface area contributed by atoms with E-state index in [4.69, 9.17) is 34.8 Å². The van der Waals surface area contributed by atoms with E-state index in [9.17, 15) is 5.11 Å². The van der Waals surface area contributed by atoms with Gasteiger partial charge < -0.3 is 5.11 Å². The van der Waals surface area contributed by atoms with E-state index in [1.165, 1.54) is 0 Å². The van der Waals surface area contributed by atoms with Crippen LogP contribution in [0, 0.1) is 0 Å². The lowest BCUT2D eigenvalue weighted by atomic mass is 10.2. The maximum absolute atomic E-state index is 12.0. The Hall–Kier alpha value is 0.220. The largest absolute Gasteiger partial charge is 0.823 e. The third-order valence-corrected chi connectivity index (χ3v) is 4.57. The van der Waals surface area contributed by atoms with Crippen molar-refractivity contribution in [2.75, 3.05) is 0 Å². The smallest absolute Gasteiger partial charge is 0.0672 e. The second kappa shape index (κ2) is 6.23. The van der Waals surface area contributed by atoms with Crippen LogP contribution in [0.1, 0.15) is 25.8 Å². The molecule has 0 aliphatic heterocycles. The van der Waals surface area contributed by atoms with Gasteiger partial charge in [0.1, 0.15) is 0 Å². The third kappa shape index (κ3) is 3.35. The van der Waals surface area contributed by atoms with Crippen molar-refractivity contribution in [3.05, 3.63) is 32.8 Å². The van der Waals surface area contributed by atoms with E-state index in [1.54, 1.807) is 12.1 Å². The summed E-state index contributed by atoms with van der Waals surface area (Å²) in [5, 5.41) is 12.9. The Morgan fingerprint density at radius 3 is 2.44 bits per heavy atom. The molecule has 0 radical (unpaired) electrons. The van der Waals surface area contributed by atoms with Gasteiger partial charge in [0.25, 0.3) is 0 Å². The minimum absolute atomic E-state index is 0.0770. The maximum atomic E-state index is 12.0. The predicted molar refractivity (Wildman–Crippen MR) is 72.3 cm³/mol. The van der Waals surface area contributed by atoms with E-state index in [-0.39, 0.29) is 10.5 Å². The lowest BCUT2D eigenvalue weighted by molar-refractivity contribution is -0.207. The highest BCUT2D eigenvalue weighted by Crippen LogP contribution is 2.32. The average Bonchev–Trinajstić information content (AvgIpc) is 2.24. The number of hydrogen-bond donors (Lipinski definition) is 0. The second-order valence-electron chi connectivity index (χ2n) is 3.41. The normalized spacial score (nSPS) is 14.0. The molecule has 88 valence electrons. The van der Waals surface area contributed by atoms with Crippen molar-refractivity contribution in [2.45, 2.75) is 25.9 Å². The first-order valence-electron chi connectivity index (χ1n) is 4.86. The summed E-state index contributed by atoms with van der Waals surface area (Å²) in [6.45, 7) is 4.04. The van der Waals surface area contributed by atoms with E-state index in [0.717, 1.165) is 6.42 Å². The number of hydrogen-bond acceptors (Lipinski definition) is 1. The monoisotopic (exact) mass is 295 g/mol. The van der Waals surface area contributed by atoms with Gasteiger partial charge in [0.05, 0.1) is 10.0 Å². The molecule has 0 saturated carbocycles. The summed E-state index contributed by atoms with van der Waals surface area (Å²) < 4.78 is 0. The summed E-state index contributed by atoms with van der Waals surface area (Å²) in [4.78, 5) is 0. The molecule has 1 rings (SSSR count). The van der Waals surface area contributed by atoms with Crippen molar-refractivity contribution in [3.63, 3.8) is 0 Å². The van der Waals surface area contributed by atoms with Gasteiger partial charge in [-0.05, 0) is 24.2 Å². The Morgan fingerprint density at radius 2 is 1.88 bits per heavy atom. The van der Waals surface area contributed by atoms with Crippen LogP contribution in [-0.4, -0.2) is 11.1 Å². The molecule has 0 fully saturated rings. The molecule has 1 aromatic rings. The van der Waals surface area contributed by atoms with E-state index >= 15 is 0 Å². The van der Waals surface area contributed by atoms with Gasteiger partial charge >= 0.3 is 0 Å². The van der Waals surface area contributed by atoms with Gasteiger partial charge in [0.15, 0.2) is 0 Å². The summed E-state index contributed by atoms with van der Waals surface area (Å²) in [5.74, 6) is 0. The van der Waals surface area contributed by atoms with Gasteiger partial charge in [-0.25, -0.2) is 0 Å². The lowest BCUT2D eigenvalue weighted by Crippen LogP contribution is -2.18. The molecule has 0 saturated heterocycles. The van der Waals surface area contributed by atoms with Crippen molar-refractivity contribution in [1.82, 2.24) is 0 Å². The van der Waals surface area contributed by atoms with E-state index in [0.29, 0.717) is 29.5 Å². The molecule has 0 N–H and O–H groups in total. The first-order chi connectivity index (χ1) is 7.47. The van der Waals surface area contributed by atoms with Crippen LogP contribution < -0.4 is 5.11 Å². The zero-order valence-corrected chi connectivity index (χ0v) is 12.1. The molecule has 0 aromatic heterocycles. The molecular formula is C11H11Cl3OP-. The quantitative estimate of drug-likeness (QED) is 0.604. The molecule has 0 aliphatic rings. The second-order valence-corrected chi connectivity index (χ2v) is 6.15. The van der Waals surface area contributed by atoms with Gasteiger partial charge in [0.2, 0.25) is 0 Å². The average molecular weight is 297 g/mol. The number of halogens is 3. The molecule has 0 amide bonds. The fraction of sp³-hybridized carbons (Fsp3) is 0.364. The Balaban J connectivity index is 3.22. The molecule has 16 heavy (non-hydrogen) atoms. The van der Waals surface area contributed by atoms with Gasteiger partial charge in [-0.15, -0.1) is 13.7 Å². The van der Waals surface area contributed by atoms with E-state index in [2.05, 4.69) is 0 Å². The molecule has 0 heterocycles. The Morgan fingerprint density at radius 1 is 1.31 bits per heavy atom.